The fourth-order valence-corrected chi connectivity index (χ4v) is 2.71. The largest absolute Gasteiger partial charge is 0.308 e. The Labute approximate surface area is 114 Å². The van der Waals surface area contributed by atoms with Gasteiger partial charge in [0.25, 0.3) is 0 Å². The lowest BCUT2D eigenvalue weighted by Crippen LogP contribution is -2.46. The van der Waals surface area contributed by atoms with E-state index >= 15 is 0 Å². The number of hydrogen-bond acceptors (Lipinski definition) is 5. The van der Waals surface area contributed by atoms with Crippen molar-refractivity contribution in [3.63, 3.8) is 0 Å². The lowest BCUT2D eigenvalue weighted by Gasteiger charge is -2.34. The first kappa shape index (κ1) is 12.8. The van der Waals surface area contributed by atoms with Crippen LogP contribution in [0, 0.1) is 5.92 Å². The van der Waals surface area contributed by atoms with E-state index in [-0.39, 0.29) is 0 Å². The molecule has 0 spiro atoms. The van der Waals surface area contributed by atoms with Crippen LogP contribution in [-0.2, 0) is 6.54 Å². The molecule has 0 unspecified atom stereocenters. The third kappa shape index (κ3) is 3.65. The van der Waals surface area contributed by atoms with Gasteiger partial charge in [-0.25, -0.2) is 10.8 Å². The van der Waals surface area contributed by atoms with Crippen molar-refractivity contribution < 1.29 is 0 Å². The summed E-state index contributed by atoms with van der Waals surface area (Å²) in [6.45, 7) is 7.08. The van der Waals surface area contributed by atoms with Gasteiger partial charge in [-0.05, 0) is 36.5 Å². The molecular weight excluding hydrogens is 238 g/mol. The molecule has 3 N–H and O–H groups in total. The Bertz CT molecular complexity index is 410. The average molecular weight is 261 g/mol. The van der Waals surface area contributed by atoms with Crippen molar-refractivity contribution >= 4 is 5.82 Å². The van der Waals surface area contributed by atoms with E-state index in [1.807, 2.05) is 12.3 Å². The first-order chi connectivity index (χ1) is 9.33. The zero-order chi connectivity index (χ0) is 13.1. The van der Waals surface area contributed by atoms with Gasteiger partial charge >= 0.3 is 0 Å². The molecule has 5 nitrogen and oxygen atoms in total. The summed E-state index contributed by atoms with van der Waals surface area (Å²) in [6, 6.07) is 4.09. The smallest absolute Gasteiger partial charge is 0.140 e. The molecule has 1 aliphatic carbocycles. The Hall–Kier alpha value is -1.17. The van der Waals surface area contributed by atoms with Crippen LogP contribution in [-0.4, -0.2) is 47.5 Å². The Balaban J connectivity index is 1.48. The van der Waals surface area contributed by atoms with Gasteiger partial charge in [-0.2, -0.15) is 0 Å². The molecule has 5 heteroatoms. The first-order valence-electron chi connectivity index (χ1n) is 7.20. The maximum Gasteiger partial charge on any atom is 0.140 e. The van der Waals surface area contributed by atoms with Gasteiger partial charge in [-0.15, -0.1) is 0 Å². The van der Waals surface area contributed by atoms with Gasteiger partial charge in [0.1, 0.15) is 5.82 Å². The summed E-state index contributed by atoms with van der Waals surface area (Å²) in [6.07, 6.45) is 4.71. The van der Waals surface area contributed by atoms with E-state index in [9.17, 15) is 0 Å². The third-order valence-electron chi connectivity index (χ3n) is 4.06. The highest BCUT2D eigenvalue weighted by Gasteiger charge is 2.26. The quantitative estimate of drug-likeness (QED) is 0.609. The third-order valence-corrected chi connectivity index (χ3v) is 4.06. The van der Waals surface area contributed by atoms with E-state index in [0.717, 1.165) is 18.3 Å². The number of aromatic nitrogens is 1. The fourth-order valence-electron chi connectivity index (χ4n) is 2.71. The topological polar surface area (TPSA) is 57.4 Å². The van der Waals surface area contributed by atoms with Crippen molar-refractivity contribution in [3.05, 3.63) is 23.9 Å². The zero-order valence-electron chi connectivity index (χ0n) is 11.4. The first-order valence-corrected chi connectivity index (χ1v) is 7.20. The minimum absolute atomic E-state index is 0.741. The van der Waals surface area contributed by atoms with E-state index in [2.05, 4.69) is 26.3 Å². The van der Waals surface area contributed by atoms with Crippen molar-refractivity contribution in [2.75, 3.05) is 38.1 Å². The van der Waals surface area contributed by atoms with Crippen LogP contribution in [0.1, 0.15) is 18.4 Å². The van der Waals surface area contributed by atoms with Gasteiger partial charge in [0.15, 0.2) is 0 Å². The number of nitrogens with zero attached hydrogens (tertiary/aromatic N) is 3. The molecule has 0 aromatic carbocycles. The molecule has 1 aliphatic heterocycles. The van der Waals surface area contributed by atoms with Gasteiger partial charge in [-0.1, -0.05) is 0 Å². The number of nitrogens with one attached hydrogen (secondary N) is 1. The summed E-state index contributed by atoms with van der Waals surface area (Å²) in [4.78, 5) is 9.27. The minimum atomic E-state index is 0.741. The van der Waals surface area contributed by atoms with Gasteiger partial charge in [0.2, 0.25) is 0 Å². The number of nitrogens with two attached hydrogens (primary N) is 1. The summed E-state index contributed by atoms with van der Waals surface area (Å²) >= 11 is 0. The second-order valence-electron chi connectivity index (χ2n) is 5.71. The highest BCUT2D eigenvalue weighted by molar-refractivity contribution is 5.35. The van der Waals surface area contributed by atoms with Crippen LogP contribution in [0.4, 0.5) is 5.82 Å². The maximum absolute atomic E-state index is 5.39. The summed E-state index contributed by atoms with van der Waals surface area (Å²) in [5.74, 6) is 7.13. The summed E-state index contributed by atoms with van der Waals surface area (Å²) in [7, 11) is 0. The van der Waals surface area contributed by atoms with E-state index in [1.165, 1.54) is 51.1 Å². The van der Waals surface area contributed by atoms with E-state index < -0.39 is 0 Å². The molecule has 2 aliphatic rings. The molecule has 1 aromatic rings. The highest BCUT2D eigenvalue weighted by atomic mass is 15.3. The molecule has 2 heterocycles. The van der Waals surface area contributed by atoms with Crippen LogP contribution in [0.15, 0.2) is 18.3 Å². The Morgan fingerprint density at radius 2 is 1.95 bits per heavy atom. The molecular formula is C14H23N5. The molecule has 2 fully saturated rings. The van der Waals surface area contributed by atoms with Crippen molar-refractivity contribution in [1.29, 1.82) is 0 Å². The van der Waals surface area contributed by atoms with Crippen LogP contribution in [0.25, 0.3) is 0 Å². The number of rotatable bonds is 5. The predicted molar refractivity (Wildman–Crippen MR) is 76.5 cm³/mol. The highest BCUT2D eigenvalue weighted by Crippen LogP contribution is 2.29. The van der Waals surface area contributed by atoms with Crippen LogP contribution in [0.5, 0.6) is 0 Å². The van der Waals surface area contributed by atoms with Crippen molar-refractivity contribution in [1.82, 2.24) is 14.8 Å². The molecule has 19 heavy (non-hydrogen) atoms. The monoisotopic (exact) mass is 261 g/mol. The van der Waals surface area contributed by atoms with Crippen LogP contribution in [0.3, 0.4) is 0 Å². The van der Waals surface area contributed by atoms with Crippen LogP contribution < -0.4 is 11.3 Å². The molecule has 0 atom stereocenters. The number of piperazine rings is 1. The van der Waals surface area contributed by atoms with Gasteiger partial charge in [0, 0.05) is 45.5 Å². The average Bonchev–Trinajstić information content (AvgIpc) is 3.25. The van der Waals surface area contributed by atoms with Gasteiger partial charge in [0.05, 0.1) is 0 Å². The number of hydrogen-bond donors (Lipinski definition) is 2. The Kier molecular flexibility index (Phi) is 3.96. The number of hydrazine groups is 1. The molecule has 0 radical (unpaired) electrons. The second kappa shape index (κ2) is 5.86. The SMILES string of the molecule is NNc1cc(CN2CCN(CC3CC3)CC2)ccn1. The molecule has 104 valence electrons. The molecule has 1 saturated carbocycles. The zero-order valence-corrected chi connectivity index (χ0v) is 11.4. The second-order valence-corrected chi connectivity index (χ2v) is 5.71. The van der Waals surface area contributed by atoms with Crippen LogP contribution >= 0.6 is 0 Å². The van der Waals surface area contributed by atoms with Gasteiger partial charge in [-0.3, -0.25) is 4.90 Å². The lowest BCUT2D eigenvalue weighted by atomic mass is 10.2. The Morgan fingerprint density at radius 3 is 2.63 bits per heavy atom. The van der Waals surface area contributed by atoms with Crippen molar-refractivity contribution in [3.8, 4) is 0 Å². The summed E-state index contributed by atoms with van der Waals surface area (Å²) < 4.78 is 0. The van der Waals surface area contributed by atoms with Crippen molar-refractivity contribution in [2.45, 2.75) is 19.4 Å². The lowest BCUT2D eigenvalue weighted by molar-refractivity contribution is 0.123. The molecule has 0 amide bonds. The molecule has 1 aromatic heterocycles. The standard InChI is InChI=1S/C14H23N5/c15-17-14-9-13(3-4-16-14)11-19-7-5-18(6-8-19)10-12-1-2-12/h3-4,9,12H,1-2,5-8,10-11,15H2,(H,16,17). The van der Waals surface area contributed by atoms with Crippen molar-refractivity contribution in [2.24, 2.45) is 11.8 Å². The van der Waals surface area contributed by atoms with E-state index in [0.29, 0.717) is 0 Å². The Morgan fingerprint density at radius 1 is 1.21 bits per heavy atom. The fraction of sp³-hybridized carbons (Fsp3) is 0.643. The van der Waals surface area contributed by atoms with E-state index in [1.54, 1.807) is 0 Å². The predicted octanol–water partition coefficient (Wildman–Crippen LogP) is 0.895. The molecule has 3 rings (SSSR count). The summed E-state index contributed by atoms with van der Waals surface area (Å²) in [5, 5.41) is 0. The number of pyridine rings is 1. The number of anilines is 1. The summed E-state index contributed by atoms with van der Waals surface area (Å²) in [5.41, 5.74) is 3.88. The maximum atomic E-state index is 5.39. The molecule has 0 bridgehead atoms. The molecule has 1 saturated heterocycles. The normalized spacial score (nSPS) is 21.5. The minimum Gasteiger partial charge on any atom is -0.308 e. The van der Waals surface area contributed by atoms with E-state index in [4.69, 9.17) is 5.84 Å². The van der Waals surface area contributed by atoms with Gasteiger partial charge < -0.3 is 10.3 Å². The van der Waals surface area contributed by atoms with Crippen LogP contribution in [0.2, 0.25) is 0 Å². The number of nitrogen functional groups attached to an aromatic ring is 1.